The van der Waals surface area contributed by atoms with Crippen molar-refractivity contribution in [1.82, 2.24) is 0 Å². The minimum absolute atomic E-state index is 0.125. The molecule has 5 aromatic rings. The molecule has 0 fully saturated rings. The molecule has 3 aromatic carbocycles. The van der Waals surface area contributed by atoms with E-state index in [1.807, 2.05) is 48.5 Å². The Morgan fingerprint density at radius 2 is 1.54 bits per heavy atom. The molecule has 0 bridgehead atoms. The number of nitrogens with zero attached hydrogens (tertiary/aromatic N) is 2. The number of hydrogen-bond donors (Lipinski definition) is 1. The van der Waals surface area contributed by atoms with Crippen LogP contribution in [0.15, 0.2) is 98.8 Å². The Morgan fingerprint density at radius 1 is 0.872 bits per heavy atom. The van der Waals surface area contributed by atoms with Crippen molar-refractivity contribution in [2.45, 2.75) is 0 Å². The van der Waals surface area contributed by atoms with Gasteiger partial charge in [-0.2, -0.15) is 5.26 Å². The number of aliphatic imine (C=N–C) groups is 1. The van der Waals surface area contributed by atoms with Crippen molar-refractivity contribution in [3.05, 3.63) is 102 Å². The number of methoxy groups -OCH3 is 2. The molecule has 0 unspecified atom stereocenters. The maximum Gasteiger partial charge on any atom is 0.335 e. The van der Waals surface area contributed by atoms with Gasteiger partial charge in [-0.25, -0.2) is 9.79 Å². The number of aromatic carboxylic acids is 1. The number of carboxylic acids is 1. The van der Waals surface area contributed by atoms with Crippen molar-refractivity contribution < 1.29 is 28.2 Å². The highest BCUT2D eigenvalue weighted by Gasteiger charge is 2.23. The van der Waals surface area contributed by atoms with E-state index in [0.717, 1.165) is 11.1 Å². The fraction of sp³-hybridized carbons (Fsp3) is 0.0645. The molecule has 5 rings (SSSR count). The minimum atomic E-state index is -1.02. The van der Waals surface area contributed by atoms with E-state index in [9.17, 15) is 15.2 Å². The van der Waals surface area contributed by atoms with Crippen molar-refractivity contribution in [3.63, 3.8) is 0 Å². The fourth-order valence-electron chi connectivity index (χ4n) is 4.10. The highest BCUT2D eigenvalue weighted by Crippen LogP contribution is 2.43. The van der Waals surface area contributed by atoms with E-state index in [4.69, 9.17) is 18.3 Å². The van der Waals surface area contributed by atoms with Crippen LogP contribution in [0.1, 0.15) is 21.7 Å². The Bertz CT molecular complexity index is 1700. The summed E-state index contributed by atoms with van der Waals surface area (Å²) < 4.78 is 22.6. The predicted octanol–water partition coefficient (Wildman–Crippen LogP) is 7.21. The van der Waals surface area contributed by atoms with Crippen LogP contribution in [-0.2, 0) is 0 Å². The average Bonchev–Trinajstić information content (AvgIpc) is 3.61. The van der Waals surface area contributed by atoms with Crippen molar-refractivity contribution in [2.24, 2.45) is 4.99 Å². The highest BCUT2D eigenvalue weighted by molar-refractivity contribution is 5.90. The van der Waals surface area contributed by atoms with Gasteiger partial charge < -0.3 is 23.4 Å². The summed E-state index contributed by atoms with van der Waals surface area (Å²) >= 11 is 0. The molecule has 0 spiro atoms. The van der Waals surface area contributed by atoms with Crippen LogP contribution in [-0.4, -0.2) is 31.5 Å². The van der Waals surface area contributed by atoms with Crippen molar-refractivity contribution >= 4 is 18.1 Å². The molecular formula is C31H22N2O6. The van der Waals surface area contributed by atoms with Crippen LogP contribution in [0.5, 0.6) is 11.5 Å². The molecule has 8 nitrogen and oxygen atoms in total. The lowest BCUT2D eigenvalue weighted by atomic mass is 9.98. The molecule has 39 heavy (non-hydrogen) atoms. The van der Waals surface area contributed by atoms with Gasteiger partial charge in [0.05, 0.1) is 26.0 Å². The molecular weight excluding hydrogens is 496 g/mol. The van der Waals surface area contributed by atoms with Gasteiger partial charge in [0.25, 0.3) is 0 Å². The van der Waals surface area contributed by atoms with Crippen LogP contribution >= 0.6 is 0 Å². The zero-order valence-electron chi connectivity index (χ0n) is 21.0. The number of furan rings is 2. The van der Waals surface area contributed by atoms with Gasteiger partial charge in [0.15, 0.2) is 0 Å². The Hall–Kier alpha value is -5.55. The zero-order valence-corrected chi connectivity index (χ0v) is 21.0. The van der Waals surface area contributed by atoms with Gasteiger partial charge in [0.2, 0.25) is 5.88 Å². The standard InChI is InChI=1S/C31H22N2O6/c1-36-23-10-6-19(7-11-23)28-26(17-32)30(39-29(28)20-8-12-24(37-2)13-9-20)33-18-25-14-15-27(38-25)21-4-3-5-22(16-21)31(34)35/h3-16,18H,1-2H3,(H,34,35). The molecule has 0 saturated carbocycles. The molecule has 0 aliphatic heterocycles. The first-order valence-electron chi connectivity index (χ1n) is 11.8. The third-order valence-electron chi connectivity index (χ3n) is 6.06. The Kier molecular flexibility index (Phi) is 6.97. The average molecular weight is 519 g/mol. The van der Waals surface area contributed by atoms with Gasteiger partial charge in [-0.3, -0.25) is 0 Å². The van der Waals surface area contributed by atoms with E-state index in [1.165, 1.54) is 18.3 Å². The molecule has 0 aliphatic carbocycles. The van der Waals surface area contributed by atoms with Gasteiger partial charge in [-0.15, -0.1) is 0 Å². The van der Waals surface area contributed by atoms with Gasteiger partial charge in [-0.05, 0) is 66.2 Å². The lowest BCUT2D eigenvalue weighted by molar-refractivity contribution is 0.0697. The summed E-state index contributed by atoms with van der Waals surface area (Å²) in [4.78, 5) is 15.8. The normalized spacial score (nSPS) is 10.9. The summed E-state index contributed by atoms with van der Waals surface area (Å²) in [5.41, 5.74) is 3.16. The first-order chi connectivity index (χ1) is 19.0. The van der Waals surface area contributed by atoms with Gasteiger partial charge in [-0.1, -0.05) is 24.3 Å². The van der Waals surface area contributed by atoms with Crippen molar-refractivity contribution in [3.8, 4) is 51.3 Å². The highest BCUT2D eigenvalue weighted by atomic mass is 16.5. The minimum Gasteiger partial charge on any atom is -0.497 e. The van der Waals surface area contributed by atoms with E-state index in [1.54, 1.807) is 38.5 Å². The maximum absolute atomic E-state index is 11.3. The molecule has 2 aromatic heterocycles. The van der Waals surface area contributed by atoms with Crippen LogP contribution in [0.3, 0.4) is 0 Å². The van der Waals surface area contributed by atoms with Crippen molar-refractivity contribution in [1.29, 1.82) is 5.26 Å². The summed E-state index contributed by atoms with van der Waals surface area (Å²) in [6, 6.07) is 26.8. The summed E-state index contributed by atoms with van der Waals surface area (Å²) in [5.74, 6) is 1.86. The maximum atomic E-state index is 11.3. The Labute approximate surface area is 224 Å². The van der Waals surface area contributed by atoms with E-state index in [2.05, 4.69) is 11.1 Å². The van der Waals surface area contributed by atoms with Crippen LogP contribution in [0, 0.1) is 11.3 Å². The largest absolute Gasteiger partial charge is 0.497 e. The molecule has 1 N–H and O–H groups in total. The summed E-state index contributed by atoms with van der Waals surface area (Å²) in [5, 5.41) is 19.4. The van der Waals surface area contributed by atoms with E-state index in [0.29, 0.717) is 39.9 Å². The molecule has 2 heterocycles. The van der Waals surface area contributed by atoms with Crippen LogP contribution < -0.4 is 9.47 Å². The van der Waals surface area contributed by atoms with Gasteiger partial charge in [0, 0.05) is 16.7 Å². The predicted molar refractivity (Wildman–Crippen MR) is 146 cm³/mol. The molecule has 8 heteroatoms. The monoisotopic (exact) mass is 518 g/mol. The summed E-state index contributed by atoms with van der Waals surface area (Å²) in [7, 11) is 3.18. The topological polar surface area (TPSA) is 118 Å². The Balaban J connectivity index is 1.55. The molecule has 192 valence electrons. The number of rotatable bonds is 8. The second kappa shape index (κ2) is 10.8. The summed E-state index contributed by atoms with van der Waals surface area (Å²) in [6.07, 6.45) is 1.46. The number of carboxylic acid groups (broad SMARTS) is 1. The second-order valence-electron chi connectivity index (χ2n) is 8.40. The van der Waals surface area contributed by atoms with E-state index >= 15 is 0 Å². The van der Waals surface area contributed by atoms with Crippen LogP contribution in [0.4, 0.5) is 5.88 Å². The van der Waals surface area contributed by atoms with Crippen LogP contribution in [0.25, 0.3) is 33.8 Å². The number of ether oxygens (including phenoxy) is 2. The summed E-state index contributed by atoms with van der Waals surface area (Å²) in [6.45, 7) is 0. The van der Waals surface area contributed by atoms with Gasteiger partial charge >= 0.3 is 5.97 Å². The molecule has 0 aliphatic rings. The van der Waals surface area contributed by atoms with E-state index in [-0.39, 0.29) is 17.0 Å². The fourth-order valence-corrected chi connectivity index (χ4v) is 4.10. The number of hydrogen-bond acceptors (Lipinski definition) is 7. The second-order valence-corrected chi connectivity index (χ2v) is 8.40. The van der Waals surface area contributed by atoms with Gasteiger partial charge in [0.1, 0.15) is 40.4 Å². The molecule has 0 amide bonds. The first kappa shape index (κ1) is 25.1. The van der Waals surface area contributed by atoms with Crippen LogP contribution in [0.2, 0.25) is 0 Å². The first-order valence-corrected chi connectivity index (χ1v) is 11.8. The molecule has 0 atom stereocenters. The van der Waals surface area contributed by atoms with Crippen molar-refractivity contribution in [2.75, 3.05) is 14.2 Å². The third kappa shape index (κ3) is 5.15. The third-order valence-corrected chi connectivity index (χ3v) is 6.06. The molecule has 0 radical (unpaired) electrons. The zero-order chi connectivity index (χ0) is 27.4. The Morgan fingerprint density at radius 3 is 2.15 bits per heavy atom. The number of nitriles is 1. The SMILES string of the molecule is COc1ccc(-c2oc(N=Cc3ccc(-c4cccc(C(=O)O)c4)o3)c(C#N)c2-c2ccc(OC)cc2)cc1. The molecule has 0 saturated heterocycles. The number of carbonyl (C=O) groups is 1. The quantitative estimate of drug-likeness (QED) is 0.216. The smallest absolute Gasteiger partial charge is 0.335 e. The lowest BCUT2D eigenvalue weighted by Crippen LogP contribution is -1.95. The lowest BCUT2D eigenvalue weighted by Gasteiger charge is -2.06. The number of benzene rings is 3. The van der Waals surface area contributed by atoms with E-state index < -0.39 is 5.97 Å².